The van der Waals surface area contributed by atoms with Gasteiger partial charge in [0.05, 0.1) is 6.61 Å². The van der Waals surface area contributed by atoms with Gasteiger partial charge in [0, 0.05) is 32.0 Å². The number of hydrogen-bond donors (Lipinski definition) is 2. The Bertz CT molecular complexity index is 566. The monoisotopic (exact) mass is 346 g/mol. The van der Waals surface area contributed by atoms with Crippen LogP contribution in [0.5, 0.6) is 0 Å². The van der Waals surface area contributed by atoms with Crippen LogP contribution >= 0.6 is 0 Å². The van der Waals surface area contributed by atoms with Gasteiger partial charge in [-0.25, -0.2) is 4.79 Å². The highest BCUT2D eigenvalue weighted by molar-refractivity contribution is 5.89. The molecule has 0 bridgehead atoms. The molecule has 2 aliphatic carbocycles. The Morgan fingerprint density at radius 1 is 1.20 bits per heavy atom. The summed E-state index contributed by atoms with van der Waals surface area (Å²) in [6.45, 7) is 1.70. The van der Waals surface area contributed by atoms with Gasteiger partial charge in [0.2, 0.25) is 0 Å². The van der Waals surface area contributed by atoms with Crippen LogP contribution < -0.4 is 5.32 Å². The van der Waals surface area contributed by atoms with Crippen molar-refractivity contribution in [2.75, 3.05) is 25.6 Å². The molecule has 0 spiro atoms. The van der Waals surface area contributed by atoms with Crippen LogP contribution in [0.2, 0.25) is 0 Å². The van der Waals surface area contributed by atoms with Crippen LogP contribution in [0.3, 0.4) is 0 Å². The molecular formula is C20H30N2O3. The maximum absolute atomic E-state index is 12.5. The smallest absolute Gasteiger partial charge is 0.321 e. The van der Waals surface area contributed by atoms with E-state index in [2.05, 4.69) is 5.32 Å². The predicted molar refractivity (Wildman–Crippen MR) is 98.4 cm³/mol. The molecule has 0 heterocycles. The van der Waals surface area contributed by atoms with Gasteiger partial charge in [-0.1, -0.05) is 12.1 Å². The molecule has 0 radical (unpaired) electrons. The summed E-state index contributed by atoms with van der Waals surface area (Å²) in [4.78, 5) is 14.3. The molecule has 1 aromatic rings. The van der Waals surface area contributed by atoms with E-state index in [1.165, 1.54) is 12.8 Å². The van der Waals surface area contributed by atoms with Crippen molar-refractivity contribution in [1.82, 2.24) is 4.90 Å². The molecule has 2 amide bonds. The normalized spacial score (nSPS) is 23.3. The van der Waals surface area contributed by atoms with Crippen LogP contribution in [0, 0.1) is 11.8 Å². The van der Waals surface area contributed by atoms with E-state index < -0.39 is 0 Å². The average Bonchev–Trinajstić information content (AvgIpc) is 3.46. The van der Waals surface area contributed by atoms with Crippen molar-refractivity contribution in [2.45, 2.75) is 51.2 Å². The standard InChI is InChI=1S/C20H30N2O3/c1-22(19-9-7-15(12-23)8-10-19)20(24)21-18-4-2-3-17(11-18)14-25-13-16-5-6-16/h2-4,11,15-16,19,23H,5-10,12-14H2,1H3,(H,21,24). The molecule has 25 heavy (non-hydrogen) atoms. The molecular weight excluding hydrogens is 316 g/mol. The zero-order valence-electron chi connectivity index (χ0n) is 15.1. The Morgan fingerprint density at radius 2 is 1.92 bits per heavy atom. The summed E-state index contributed by atoms with van der Waals surface area (Å²) < 4.78 is 5.72. The Hall–Kier alpha value is -1.59. The quantitative estimate of drug-likeness (QED) is 0.792. The third-order valence-electron chi connectivity index (χ3n) is 5.44. The van der Waals surface area contributed by atoms with Gasteiger partial charge >= 0.3 is 6.03 Å². The number of amides is 2. The Balaban J connectivity index is 1.47. The third-order valence-corrected chi connectivity index (χ3v) is 5.44. The zero-order valence-corrected chi connectivity index (χ0v) is 15.1. The number of benzene rings is 1. The van der Waals surface area contributed by atoms with Gasteiger partial charge < -0.3 is 20.1 Å². The van der Waals surface area contributed by atoms with Crippen LogP contribution in [0.25, 0.3) is 0 Å². The van der Waals surface area contributed by atoms with Gasteiger partial charge in [0.25, 0.3) is 0 Å². The molecule has 0 aromatic heterocycles. The highest BCUT2D eigenvalue weighted by Gasteiger charge is 2.26. The highest BCUT2D eigenvalue weighted by atomic mass is 16.5. The number of nitrogens with one attached hydrogen (secondary N) is 1. The summed E-state index contributed by atoms with van der Waals surface area (Å²) in [6.07, 6.45) is 6.50. The van der Waals surface area contributed by atoms with Crippen LogP contribution in [-0.2, 0) is 11.3 Å². The molecule has 3 rings (SSSR count). The van der Waals surface area contributed by atoms with E-state index in [1.54, 1.807) is 0 Å². The fourth-order valence-corrected chi connectivity index (χ4v) is 3.46. The first-order valence-electron chi connectivity index (χ1n) is 9.47. The lowest BCUT2D eigenvalue weighted by atomic mass is 9.86. The van der Waals surface area contributed by atoms with Crippen molar-refractivity contribution in [3.8, 4) is 0 Å². The Morgan fingerprint density at radius 3 is 2.60 bits per heavy atom. The Kier molecular flexibility index (Phi) is 6.32. The van der Waals surface area contributed by atoms with Gasteiger partial charge in [-0.15, -0.1) is 0 Å². The number of anilines is 1. The van der Waals surface area contributed by atoms with E-state index in [-0.39, 0.29) is 18.7 Å². The molecule has 2 fully saturated rings. The largest absolute Gasteiger partial charge is 0.396 e. The van der Waals surface area contributed by atoms with Crippen molar-refractivity contribution in [1.29, 1.82) is 0 Å². The molecule has 1 aromatic carbocycles. The number of rotatable bonds is 7. The van der Waals surface area contributed by atoms with Crippen molar-refractivity contribution in [3.05, 3.63) is 29.8 Å². The fraction of sp³-hybridized carbons (Fsp3) is 0.650. The maximum Gasteiger partial charge on any atom is 0.321 e. The lowest BCUT2D eigenvalue weighted by molar-refractivity contribution is 0.111. The van der Waals surface area contributed by atoms with Crippen molar-refractivity contribution < 1.29 is 14.6 Å². The predicted octanol–water partition coefficient (Wildman–Crippen LogP) is 3.63. The van der Waals surface area contributed by atoms with Crippen LogP contribution in [-0.4, -0.2) is 42.3 Å². The lowest BCUT2D eigenvalue weighted by Crippen LogP contribution is -2.42. The molecule has 5 nitrogen and oxygen atoms in total. The van der Waals surface area contributed by atoms with Gasteiger partial charge in [0.1, 0.15) is 0 Å². The minimum Gasteiger partial charge on any atom is -0.396 e. The number of carbonyl (C=O) groups is 1. The SMILES string of the molecule is CN(C(=O)Nc1cccc(COCC2CC2)c1)C1CCC(CO)CC1. The number of urea groups is 1. The molecule has 2 aliphatic rings. The summed E-state index contributed by atoms with van der Waals surface area (Å²) in [6, 6.07) is 8.08. The minimum absolute atomic E-state index is 0.0662. The topological polar surface area (TPSA) is 61.8 Å². The van der Waals surface area contributed by atoms with Gasteiger partial charge in [-0.05, 0) is 68.1 Å². The second-order valence-corrected chi connectivity index (χ2v) is 7.56. The van der Waals surface area contributed by atoms with E-state index in [9.17, 15) is 9.90 Å². The number of ether oxygens (including phenoxy) is 1. The Labute approximate surface area is 150 Å². The third kappa shape index (κ3) is 5.44. The highest BCUT2D eigenvalue weighted by Crippen LogP contribution is 2.29. The summed E-state index contributed by atoms with van der Waals surface area (Å²) in [5, 5.41) is 12.2. The van der Waals surface area contributed by atoms with Crippen LogP contribution in [0.4, 0.5) is 10.5 Å². The van der Waals surface area contributed by atoms with Crippen molar-refractivity contribution in [2.24, 2.45) is 11.8 Å². The molecule has 0 aliphatic heterocycles. The molecule has 0 atom stereocenters. The first kappa shape index (κ1) is 18.2. The van der Waals surface area contributed by atoms with Crippen molar-refractivity contribution in [3.63, 3.8) is 0 Å². The fourth-order valence-electron chi connectivity index (χ4n) is 3.46. The molecule has 138 valence electrons. The molecule has 2 N–H and O–H groups in total. The second-order valence-electron chi connectivity index (χ2n) is 7.56. The molecule has 0 saturated heterocycles. The molecule has 5 heteroatoms. The minimum atomic E-state index is -0.0662. The van der Waals surface area contributed by atoms with Gasteiger partial charge in [0.15, 0.2) is 0 Å². The zero-order chi connectivity index (χ0) is 17.6. The van der Waals surface area contributed by atoms with Crippen LogP contribution in [0.15, 0.2) is 24.3 Å². The number of hydrogen-bond acceptors (Lipinski definition) is 3. The lowest BCUT2D eigenvalue weighted by Gasteiger charge is -2.34. The van der Waals surface area contributed by atoms with Gasteiger partial charge in [-0.3, -0.25) is 0 Å². The number of aliphatic hydroxyl groups excluding tert-OH is 1. The number of nitrogens with zero attached hydrogens (tertiary/aromatic N) is 1. The first-order valence-corrected chi connectivity index (χ1v) is 9.47. The van der Waals surface area contributed by atoms with E-state index in [0.717, 1.165) is 49.5 Å². The summed E-state index contributed by atoms with van der Waals surface area (Å²) in [5.41, 5.74) is 1.90. The van der Waals surface area contributed by atoms with Crippen molar-refractivity contribution >= 4 is 11.7 Å². The van der Waals surface area contributed by atoms with E-state index >= 15 is 0 Å². The van der Waals surface area contributed by atoms with Crippen LogP contribution in [0.1, 0.15) is 44.1 Å². The number of aliphatic hydroxyl groups is 1. The summed E-state index contributed by atoms with van der Waals surface area (Å²) >= 11 is 0. The number of carbonyl (C=O) groups excluding carboxylic acids is 1. The molecule has 2 saturated carbocycles. The van der Waals surface area contributed by atoms with Gasteiger partial charge in [-0.2, -0.15) is 0 Å². The second kappa shape index (κ2) is 8.68. The van der Waals surface area contributed by atoms with E-state index in [4.69, 9.17) is 4.74 Å². The summed E-state index contributed by atoms with van der Waals surface area (Å²) in [7, 11) is 1.86. The maximum atomic E-state index is 12.5. The first-order chi connectivity index (χ1) is 12.2. The molecule has 0 unspecified atom stereocenters. The summed E-state index contributed by atoms with van der Waals surface area (Å²) in [5.74, 6) is 1.16. The van der Waals surface area contributed by atoms with E-state index in [1.807, 2.05) is 36.2 Å². The van der Waals surface area contributed by atoms with E-state index in [0.29, 0.717) is 12.5 Å². The average molecular weight is 346 g/mol.